The topological polar surface area (TPSA) is 12.0 Å². The molecule has 0 amide bonds. The molecule has 0 aliphatic carbocycles. The van der Waals surface area contributed by atoms with Crippen molar-refractivity contribution in [1.29, 1.82) is 0 Å². The van der Waals surface area contributed by atoms with Crippen LogP contribution in [-0.4, -0.2) is 7.05 Å². The minimum Gasteiger partial charge on any atom is -0.316 e. The fraction of sp³-hybridized carbons (Fsp3) is 0.200. The highest BCUT2D eigenvalue weighted by atomic mass is 19.1. The van der Waals surface area contributed by atoms with Gasteiger partial charge in [-0.3, -0.25) is 0 Å². The summed E-state index contributed by atoms with van der Waals surface area (Å²) >= 11 is 0. The van der Waals surface area contributed by atoms with Crippen LogP contribution in [0.25, 0.3) is 11.1 Å². The third-order valence-electron chi connectivity index (χ3n) is 2.84. The Morgan fingerprint density at radius 1 is 1.00 bits per heavy atom. The van der Waals surface area contributed by atoms with E-state index < -0.39 is 0 Å². The quantitative estimate of drug-likeness (QED) is 0.849. The van der Waals surface area contributed by atoms with Crippen LogP contribution < -0.4 is 5.32 Å². The van der Waals surface area contributed by atoms with Gasteiger partial charge in [0, 0.05) is 6.54 Å². The van der Waals surface area contributed by atoms with E-state index in [1.165, 1.54) is 5.56 Å². The fourth-order valence-corrected chi connectivity index (χ4v) is 1.79. The van der Waals surface area contributed by atoms with E-state index in [1.54, 1.807) is 13.0 Å². The summed E-state index contributed by atoms with van der Waals surface area (Å²) in [7, 11) is 1.92. The maximum Gasteiger partial charge on any atom is 0.126 e. The molecule has 0 saturated carbocycles. The molecule has 1 nitrogen and oxygen atoms in total. The second-order valence-corrected chi connectivity index (χ2v) is 4.19. The summed E-state index contributed by atoms with van der Waals surface area (Å²) in [5.74, 6) is -0.151. The van der Waals surface area contributed by atoms with Crippen molar-refractivity contribution in [3.63, 3.8) is 0 Å². The molecule has 0 bridgehead atoms. The molecule has 1 N–H and O–H groups in total. The van der Waals surface area contributed by atoms with Gasteiger partial charge in [0.05, 0.1) is 0 Å². The summed E-state index contributed by atoms with van der Waals surface area (Å²) in [5, 5.41) is 3.10. The van der Waals surface area contributed by atoms with Gasteiger partial charge < -0.3 is 5.32 Å². The Balaban J connectivity index is 2.30. The normalized spacial score (nSPS) is 10.5. The van der Waals surface area contributed by atoms with Crippen LogP contribution in [0.2, 0.25) is 0 Å². The number of benzene rings is 2. The zero-order valence-electron chi connectivity index (χ0n) is 10.1. The molecule has 2 rings (SSSR count). The number of rotatable bonds is 3. The van der Waals surface area contributed by atoms with Gasteiger partial charge in [0.15, 0.2) is 0 Å². The zero-order valence-corrected chi connectivity index (χ0v) is 10.1. The zero-order chi connectivity index (χ0) is 12.3. The van der Waals surface area contributed by atoms with Gasteiger partial charge >= 0.3 is 0 Å². The first kappa shape index (κ1) is 11.8. The van der Waals surface area contributed by atoms with E-state index >= 15 is 0 Å². The molecular formula is C15H16FN. The Bertz CT molecular complexity index is 503. The van der Waals surface area contributed by atoms with Gasteiger partial charge in [0.2, 0.25) is 0 Å². The van der Waals surface area contributed by atoms with Gasteiger partial charge in [-0.1, -0.05) is 36.4 Å². The molecule has 0 aromatic heterocycles. The van der Waals surface area contributed by atoms with Crippen molar-refractivity contribution in [2.75, 3.05) is 7.05 Å². The molecule has 0 heterocycles. The largest absolute Gasteiger partial charge is 0.316 e. The average molecular weight is 229 g/mol. The lowest BCUT2D eigenvalue weighted by molar-refractivity contribution is 0.619. The smallest absolute Gasteiger partial charge is 0.126 e. The molecule has 2 aromatic carbocycles. The number of halogens is 1. The van der Waals surface area contributed by atoms with Gasteiger partial charge in [0.1, 0.15) is 5.82 Å². The molecule has 0 fully saturated rings. The second-order valence-electron chi connectivity index (χ2n) is 4.19. The van der Waals surface area contributed by atoms with E-state index in [1.807, 2.05) is 31.3 Å². The number of aryl methyl sites for hydroxylation is 1. The van der Waals surface area contributed by atoms with Gasteiger partial charge in [-0.2, -0.15) is 0 Å². The van der Waals surface area contributed by atoms with Crippen molar-refractivity contribution in [3.8, 4) is 11.1 Å². The van der Waals surface area contributed by atoms with Crippen LogP contribution in [-0.2, 0) is 6.54 Å². The molecule has 0 radical (unpaired) electrons. The highest BCUT2D eigenvalue weighted by molar-refractivity contribution is 5.64. The molecule has 88 valence electrons. The third kappa shape index (κ3) is 2.71. The number of hydrogen-bond acceptors (Lipinski definition) is 1. The van der Waals surface area contributed by atoms with Crippen molar-refractivity contribution < 1.29 is 4.39 Å². The van der Waals surface area contributed by atoms with Crippen LogP contribution in [0, 0.1) is 12.7 Å². The van der Waals surface area contributed by atoms with Gasteiger partial charge in [-0.25, -0.2) is 4.39 Å². The molecule has 2 aromatic rings. The Hall–Kier alpha value is -1.67. The first-order chi connectivity index (χ1) is 8.20. The molecule has 2 heteroatoms. The molecule has 0 unspecified atom stereocenters. The number of hydrogen-bond donors (Lipinski definition) is 1. The third-order valence-corrected chi connectivity index (χ3v) is 2.84. The first-order valence-corrected chi connectivity index (χ1v) is 5.71. The highest BCUT2D eigenvalue weighted by Crippen LogP contribution is 2.22. The van der Waals surface area contributed by atoms with Crippen LogP contribution in [0.4, 0.5) is 4.39 Å². The van der Waals surface area contributed by atoms with Crippen LogP contribution in [0.5, 0.6) is 0 Å². The van der Waals surface area contributed by atoms with Gasteiger partial charge in [-0.15, -0.1) is 0 Å². The lowest BCUT2D eigenvalue weighted by Crippen LogP contribution is -2.04. The van der Waals surface area contributed by atoms with E-state index in [4.69, 9.17) is 0 Å². The van der Waals surface area contributed by atoms with Crippen LogP contribution in [0.3, 0.4) is 0 Å². The molecule has 0 spiro atoms. The monoisotopic (exact) mass is 229 g/mol. The van der Waals surface area contributed by atoms with Crippen molar-refractivity contribution >= 4 is 0 Å². The Morgan fingerprint density at radius 3 is 2.24 bits per heavy atom. The van der Waals surface area contributed by atoms with Crippen molar-refractivity contribution in [2.24, 2.45) is 0 Å². The van der Waals surface area contributed by atoms with Crippen molar-refractivity contribution in [3.05, 3.63) is 59.4 Å². The Morgan fingerprint density at radius 2 is 1.65 bits per heavy atom. The van der Waals surface area contributed by atoms with Crippen LogP contribution in [0.1, 0.15) is 11.1 Å². The summed E-state index contributed by atoms with van der Waals surface area (Å²) in [6, 6.07) is 13.5. The molecule has 0 aliphatic rings. The van der Waals surface area contributed by atoms with Gasteiger partial charge in [0.25, 0.3) is 0 Å². The fourth-order valence-electron chi connectivity index (χ4n) is 1.79. The summed E-state index contributed by atoms with van der Waals surface area (Å²) < 4.78 is 13.5. The van der Waals surface area contributed by atoms with E-state index in [-0.39, 0.29) is 5.82 Å². The highest BCUT2D eigenvalue weighted by Gasteiger charge is 2.02. The summed E-state index contributed by atoms with van der Waals surface area (Å²) in [6.07, 6.45) is 0. The SMILES string of the molecule is CNCc1ccc(-c2ccc(C)c(F)c2)cc1. The number of nitrogens with one attached hydrogen (secondary N) is 1. The minimum absolute atomic E-state index is 0.151. The second kappa shape index (κ2) is 5.11. The van der Waals surface area contributed by atoms with E-state index in [2.05, 4.69) is 17.4 Å². The summed E-state index contributed by atoms with van der Waals surface area (Å²) in [5.41, 5.74) is 3.87. The van der Waals surface area contributed by atoms with Crippen LogP contribution in [0.15, 0.2) is 42.5 Å². The molecule has 0 aliphatic heterocycles. The minimum atomic E-state index is -0.151. The Kier molecular flexibility index (Phi) is 3.55. The maximum atomic E-state index is 13.5. The van der Waals surface area contributed by atoms with E-state index in [0.29, 0.717) is 5.56 Å². The predicted octanol–water partition coefficient (Wildman–Crippen LogP) is 3.52. The maximum absolute atomic E-state index is 13.5. The first-order valence-electron chi connectivity index (χ1n) is 5.71. The van der Waals surface area contributed by atoms with Crippen LogP contribution >= 0.6 is 0 Å². The van der Waals surface area contributed by atoms with E-state index in [0.717, 1.165) is 17.7 Å². The standard InChI is InChI=1S/C15H16FN/c1-11-3-6-14(9-15(11)16)13-7-4-12(5-8-13)10-17-2/h3-9,17H,10H2,1-2H3. The average Bonchev–Trinajstić information content (AvgIpc) is 2.34. The lowest BCUT2D eigenvalue weighted by atomic mass is 10.0. The summed E-state index contributed by atoms with van der Waals surface area (Å²) in [6.45, 7) is 2.62. The van der Waals surface area contributed by atoms with Crippen molar-refractivity contribution in [1.82, 2.24) is 5.32 Å². The molecular weight excluding hydrogens is 213 g/mol. The van der Waals surface area contributed by atoms with E-state index in [9.17, 15) is 4.39 Å². The van der Waals surface area contributed by atoms with Crippen molar-refractivity contribution in [2.45, 2.75) is 13.5 Å². The predicted molar refractivity (Wildman–Crippen MR) is 69.3 cm³/mol. The molecule has 0 atom stereocenters. The lowest BCUT2D eigenvalue weighted by Gasteiger charge is -2.05. The van der Waals surface area contributed by atoms with Gasteiger partial charge in [-0.05, 0) is 42.3 Å². The summed E-state index contributed by atoms with van der Waals surface area (Å²) in [4.78, 5) is 0. The Labute approximate surface area is 101 Å². The molecule has 0 saturated heterocycles. The molecule has 17 heavy (non-hydrogen) atoms.